The molecule has 3 N–H and O–H groups in total. The van der Waals surface area contributed by atoms with E-state index in [-0.39, 0.29) is 36.5 Å². The summed E-state index contributed by atoms with van der Waals surface area (Å²) in [6.45, 7) is 1.42. The van der Waals surface area contributed by atoms with Gasteiger partial charge >= 0.3 is 36.5 Å². The first kappa shape index (κ1) is 35.0. The monoisotopic (exact) mass is 512 g/mol. The second-order valence-electron chi connectivity index (χ2n) is 4.14. The summed E-state index contributed by atoms with van der Waals surface area (Å²) in [4.78, 5) is 3.18. The average molecular weight is 514 g/mol. The van der Waals surface area contributed by atoms with Crippen LogP contribution in [0.5, 0.6) is 0 Å². The fourth-order valence-electron chi connectivity index (χ4n) is 0.339. The molecule has 0 spiro atoms. The van der Waals surface area contributed by atoms with Crippen LogP contribution in [0.15, 0.2) is 0 Å². The fraction of sp³-hybridized carbons (Fsp3) is 0.700. The number of thiol groups is 3. The SMILES string of the molecule is CN(C)C(=S)S.C[NH+](C)C.S=C(S)NCCNC(=S)S.[Mn+2].[Zn+2]. The van der Waals surface area contributed by atoms with Gasteiger partial charge in [0.25, 0.3) is 0 Å². The first-order valence-electron chi connectivity index (χ1n) is 5.61. The number of hydrogen-bond donors (Lipinski definition) is 6. The predicted octanol–water partition coefficient (Wildman–Crippen LogP) is 0.113. The molecule has 22 heavy (non-hydrogen) atoms. The maximum absolute atomic E-state index is 4.65. The van der Waals surface area contributed by atoms with Crippen molar-refractivity contribution in [1.29, 1.82) is 0 Å². The Hall–Kier alpha value is 1.82. The van der Waals surface area contributed by atoms with Crippen LogP contribution >= 0.6 is 74.5 Å². The summed E-state index contributed by atoms with van der Waals surface area (Å²) in [5, 5.41) is 5.68. The summed E-state index contributed by atoms with van der Waals surface area (Å²) in [5.74, 6) is 0. The van der Waals surface area contributed by atoms with Crippen LogP contribution in [0.25, 0.3) is 0 Å². The molecule has 0 aromatic rings. The van der Waals surface area contributed by atoms with Gasteiger partial charge < -0.3 is 20.4 Å². The maximum atomic E-state index is 4.65. The molecule has 0 heterocycles. The molecular weight excluding hydrogens is 489 g/mol. The van der Waals surface area contributed by atoms with Gasteiger partial charge in [0.2, 0.25) is 0 Å². The van der Waals surface area contributed by atoms with Crippen LogP contribution in [0, 0.1) is 0 Å². The van der Waals surface area contributed by atoms with Crippen molar-refractivity contribution in [2.45, 2.75) is 0 Å². The molecule has 0 unspecified atom stereocenters. The molecule has 0 saturated heterocycles. The molecule has 12 heteroatoms. The Balaban J connectivity index is -0.0000000697. The summed E-state index contributed by atoms with van der Waals surface area (Å²) in [6.07, 6.45) is 0. The quantitative estimate of drug-likeness (QED) is 0.139. The minimum Gasteiger partial charge on any atom is -0.369 e. The largest absolute Gasteiger partial charge is 2.00 e. The van der Waals surface area contributed by atoms with E-state index in [1.54, 1.807) is 4.90 Å². The van der Waals surface area contributed by atoms with Gasteiger partial charge in [0.1, 0.15) is 13.0 Å². The molecule has 0 rings (SSSR count). The molecule has 4 nitrogen and oxygen atoms in total. The molecule has 125 valence electrons. The molecular formula is C10H25MnN4S6Zn+5. The number of quaternary nitrogens is 1. The van der Waals surface area contributed by atoms with Crippen molar-refractivity contribution >= 4 is 87.5 Å². The Morgan fingerprint density at radius 2 is 1.09 bits per heavy atom. The number of nitrogens with one attached hydrogen (secondary N) is 3. The normalized spacial score (nSPS) is 7.68. The van der Waals surface area contributed by atoms with Gasteiger partial charge in [-0.3, -0.25) is 0 Å². The standard InChI is InChI=1S/C4H8N2S4.C3H7NS2.C3H9N.Mn.Zn/c7-3(8)5-1-2-6-4(9)10;1-4(2)3(5)6;1-4(2)3;;/h1-2H2,(H2,5,7,8)(H2,6,9,10);1-2H3,(H,5,6);1-3H3;;/q;;;2*+2/p+1. The van der Waals surface area contributed by atoms with Crippen LogP contribution in [0.4, 0.5) is 0 Å². The summed E-state index contributed by atoms with van der Waals surface area (Å²) >= 11 is 25.5. The third kappa shape index (κ3) is 57.5. The number of thiocarbonyl (C=S) groups is 3. The molecule has 1 radical (unpaired) electrons. The molecule has 0 bridgehead atoms. The van der Waals surface area contributed by atoms with Gasteiger partial charge in [0, 0.05) is 27.2 Å². The zero-order valence-electron chi connectivity index (χ0n) is 13.5. The van der Waals surface area contributed by atoms with Crippen molar-refractivity contribution in [2.24, 2.45) is 0 Å². The van der Waals surface area contributed by atoms with Gasteiger partial charge in [-0.2, -0.15) is 0 Å². The fourth-order valence-corrected chi connectivity index (χ4v) is 0.767. The number of hydrogen-bond acceptors (Lipinski definition) is 3. The summed E-state index contributed by atoms with van der Waals surface area (Å²) in [6, 6.07) is 0. The Morgan fingerprint density at radius 3 is 1.18 bits per heavy atom. The average Bonchev–Trinajstić information content (AvgIpc) is 2.23. The first-order chi connectivity index (χ1) is 9.00. The number of rotatable bonds is 3. The predicted molar refractivity (Wildman–Crippen MR) is 113 cm³/mol. The van der Waals surface area contributed by atoms with Crippen LogP contribution in [-0.4, -0.2) is 66.2 Å². The van der Waals surface area contributed by atoms with Crippen molar-refractivity contribution < 1.29 is 41.4 Å². The number of nitrogens with zero attached hydrogens (tertiary/aromatic N) is 1. The van der Waals surface area contributed by atoms with E-state index in [1.807, 2.05) is 14.1 Å². The van der Waals surface area contributed by atoms with Gasteiger partial charge in [-0.05, 0) is 0 Å². The molecule has 0 amide bonds. The van der Waals surface area contributed by atoms with Gasteiger partial charge in [-0.1, -0.05) is 36.7 Å². The van der Waals surface area contributed by atoms with E-state index in [1.165, 1.54) is 4.90 Å². The van der Waals surface area contributed by atoms with Crippen molar-refractivity contribution in [3.8, 4) is 0 Å². The second kappa shape index (κ2) is 25.1. The third-order valence-electron chi connectivity index (χ3n) is 1.06. The molecule has 0 aromatic carbocycles. The Labute approximate surface area is 191 Å². The first-order valence-corrected chi connectivity index (χ1v) is 8.17. The van der Waals surface area contributed by atoms with E-state index < -0.39 is 0 Å². The van der Waals surface area contributed by atoms with Crippen LogP contribution in [0.1, 0.15) is 0 Å². The minimum atomic E-state index is 0. The Morgan fingerprint density at radius 1 is 0.909 bits per heavy atom. The van der Waals surface area contributed by atoms with E-state index in [2.05, 4.69) is 106 Å². The van der Waals surface area contributed by atoms with Gasteiger partial charge in [0.05, 0.1) is 21.1 Å². The van der Waals surface area contributed by atoms with E-state index >= 15 is 0 Å². The van der Waals surface area contributed by atoms with Gasteiger partial charge in [0.15, 0.2) is 0 Å². The third-order valence-corrected chi connectivity index (χ3v) is 2.43. The zero-order chi connectivity index (χ0) is 16.7. The molecule has 0 fully saturated rings. The molecule has 0 aliphatic carbocycles. The smallest absolute Gasteiger partial charge is 0.369 e. The maximum Gasteiger partial charge on any atom is 2.00 e. The van der Waals surface area contributed by atoms with Crippen molar-refractivity contribution in [2.75, 3.05) is 48.3 Å². The molecule has 0 saturated carbocycles. The topological polar surface area (TPSA) is 31.7 Å². The molecule has 0 atom stereocenters. The molecule has 0 aliphatic rings. The van der Waals surface area contributed by atoms with Crippen molar-refractivity contribution in [1.82, 2.24) is 15.5 Å². The Bertz CT molecular complexity index is 276. The summed E-state index contributed by atoms with van der Waals surface area (Å²) < 4.78 is 1.61. The molecule has 0 aliphatic heterocycles. The van der Waals surface area contributed by atoms with Crippen molar-refractivity contribution in [3.63, 3.8) is 0 Å². The Kier molecular flexibility index (Phi) is 39.9. The van der Waals surface area contributed by atoms with E-state index in [0.717, 1.165) is 0 Å². The molecule has 0 aromatic heterocycles. The van der Waals surface area contributed by atoms with Crippen LogP contribution in [0.2, 0.25) is 0 Å². The van der Waals surface area contributed by atoms with Crippen LogP contribution < -0.4 is 15.5 Å². The summed E-state index contributed by atoms with van der Waals surface area (Å²) in [5.41, 5.74) is 0. The second-order valence-corrected chi connectivity index (χ2v) is 7.57. The minimum absolute atomic E-state index is 0. The van der Waals surface area contributed by atoms with Crippen LogP contribution in [-0.2, 0) is 36.5 Å². The van der Waals surface area contributed by atoms with Crippen LogP contribution in [0.3, 0.4) is 0 Å². The van der Waals surface area contributed by atoms with Crippen molar-refractivity contribution in [3.05, 3.63) is 0 Å². The summed E-state index contributed by atoms with van der Waals surface area (Å²) in [7, 11) is 9.96. The van der Waals surface area contributed by atoms with Gasteiger partial charge in [-0.25, -0.2) is 0 Å². The van der Waals surface area contributed by atoms with E-state index in [0.29, 0.717) is 26.1 Å². The zero-order valence-corrected chi connectivity index (χ0v) is 22.8. The van der Waals surface area contributed by atoms with Gasteiger partial charge in [-0.15, -0.1) is 37.9 Å². The van der Waals surface area contributed by atoms with E-state index in [9.17, 15) is 0 Å². The van der Waals surface area contributed by atoms with E-state index in [4.69, 9.17) is 0 Å².